The van der Waals surface area contributed by atoms with Crippen molar-refractivity contribution >= 4 is 5.91 Å². The smallest absolute Gasteiger partial charge is 0.315 e. The van der Waals surface area contributed by atoms with Crippen LogP contribution in [0.3, 0.4) is 0 Å². The molecule has 7 nitrogen and oxygen atoms in total. The molecule has 0 bridgehead atoms. The van der Waals surface area contributed by atoms with Crippen LogP contribution in [-0.4, -0.2) is 51.3 Å². The Bertz CT molecular complexity index is 941. The van der Waals surface area contributed by atoms with Crippen molar-refractivity contribution in [1.29, 1.82) is 0 Å². The van der Waals surface area contributed by atoms with Gasteiger partial charge in [0.25, 0.3) is 5.91 Å². The van der Waals surface area contributed by atoms with Gasteiger partial charge in [-0.15, -0.1) is 0 Å². The Morgan fingerprint density at radius 1 is 1.06 bits per heavy atom. The van der Waals surface area contributed by atoms with Gasteiger partial charge in [-0.3, -0.25) is 9.59 Å². The fraction of sp³-hybridized carbons (Fsp3) is 0.690. The van der Waals surface area contributed by atoms with Crippen LogP contribution in [0.15, 0.2) is 29.1 Å². The Balaban J connectivity index is 0.000000694. The summed E-state index contributed by atoms with van der Waals surface area (Å²) in [6.07, 6.45) is 18.4. The van der Waals surface area contributed by atoms with E-state index < -0.39 is 11.3 Å². The maximum atomic E-state index is 13.0. The summed E-state index contributed by atoms with van der Waals surface area (Å²) in [6.45, 7) is 12.0. The highest BCUT2D eigenvalue weighted by Gasteiger charge is 2.39. The number of hydrogen-bond donors (Lipinski definition) is 1. The van der Waals surface area contributed by atoms with Crippen LogP contribution in [0.2, 0.25) is 0 Å². The first-order valence-corrected chi connectivity index (χ1v) is 13.9. The summed E-state index contributed by atoms with van der Waals surface area (Å²) in [4.78, 5) is 31.3. The molecule has 3 aliphatic rings. The number of rotatable bonds is 6. The molecule has 1 amide bonds. The number of aromatic hydroxyl groups is 1. The second kappa shape index (κ2) is 15.0. The third-order valence-corrected chi connectivity index (χ3v) is 7.53. The van der Waals surface area contributed by atoms with E-state index in [2.05, 4.69) is 24.1 Å². The number of nitrogens with zero attached hydrogens (tertiary/aromatic N) is 3. The van der Waals surface area contributed by atoms with Crippen LogP contribution < -0.4 is 5.56 Å². The van der Waals surface area contributed by atoms with Crippen molar-refractivity contribution in [2.75, 3.05) is 19.8 Å². The SMILES string of the molecule is C/C=C\C.C/C=C\CCC1(CCc2nc(=O)c(O)c3n2CC2COCCN2C3=O)CCCCC1.CC. The lowest BCUT2D eigenvalue weighted by molar-refractivity contribution is -0.0146. The maximum Gasteiger partial charge on any atom is 0.315 e. The lowest BCUT2D eigenvalue weighted by Gasteiger charge is -2.41. The number of carbonyl (C=O) groups excluding carboxylic acids is 1. The highest BCUT2D eigenvalue weighted by Crippen LogP contribution is 2.44. The summed E-state index contributed by atoms with van der Waals surface area (Å²) in [7, 11) is 0. The lowest BCUT2D eigenvalue weighted by atomic mass is 9.68. The Morgan fingerprint density at radius 3 is 2.39 bits per heavy atom. The molecule has 1 saturated heterocycles. The lowest BCUT2D eigenvalue weighted by Crippen LogP contribution is -2.55. The van der Waals surface area contributed by atoms with Crippen molar-refractivity contribution < 1.29 is 14.6 Å². The molecule has 1 N–H and O–H groups in total. The van der Waals surface area contributed by atoms with Crippen LogP contribution >= 0.6 is 0 Å². The standard InChI is InChI=1S/C23H33N3O4.C4H8.C2H6/c1-2-3-5-9-23(10-6-4-7-11-23)12-8-18-24-21(28)20(27)19-22(29)25-13-14-30-16-17(25)15-26(18)19;1-3-4-2;1-2/h2-3,17,27H,4-16H2,1H3;3-4H,1-2H3;1-2H3/b3-2-;4-3-;. The molecule has 1 aromatic heterocycles. The van der Waals surface area contributed by atoms with Crippen molar-refractivity contribution in [3.05, 3.63) is 46.2 Å². The molecule has 7 heteroatoms. The Labute approximate surface area is 217 Å². The quantitative estimate of drug-likeness (QED) is 0.509. The van der Waals surface area contributed by atoms with E-state index in [9.17, 15) is 14.7 Å². The number of aromatic nitrogens is 2. The average molecular weight is 502 g/mol. The topological polar surface area (TPSA) is 84.7 Å². The number of fused-ring (bicyclic) bond motifs is 2. The Morgan fingerprint density at radius 2 is 1.75 bits per heavy atom. The van der Waals surface area contributed by atoms with E-state index in [0.29, 0.717) is 38.5 Å². The first-order chi connectivity index (χ1) is 17.5. The first kappa shape index (κ1) is 29.8. The van der Waals surface area contributed by atoms with E-state index in [1.54, 1.807) is 9.47 Å². The number of carbonyl (C=O) groups is 1. The Hall–Kier alpha value is -2.41. The van der Waals surface area contributed by atoms with E-state index in [1.165, 1.54) is 32.1 Å². The molecule has 2 aliphatic heterocycles. The van der Waals surface area contributed by atoms with E-state index in [4.69, 9.17) is 4.74 Å². The largest absolute Gasteiger partial charge is 0.501 e. The van der Waals surface area contributed by atoms with Gasteiger partial charge in [0, 0.05) is 19.5 Å². The first-order valence-electron chi connectivity index (χ1n) is 13.9. The van der Waals surface area contributed by atoms with Gasteiger partial charge in [0.1, 0.15) is 5.82 Å². The Kier molecular flexibility index (Phi) is 12.4. The summed E-state index contributed by atoms with van der Waals surface area (Å²) in [6, 6.07) is -0.0699. The zero-order chi connectivity index (χ0) is 26.6. The van der Waals surface area contributed by atoms with Crippen molar-refractivity contribution in [1.82, 2.24) is 14.5 Å². The molecule has 3 heterocycles. The number of hydrogen-bond acceptors (Lipinski definition) is 5. The second-order valence-corrected chi connectivity index (χ2v) is 9.70. The summed E-state index contributed by atoms with van der Waals surface area (Å²) in [5, 5.41) is 10.4. The van der Waals surface area contributed by atoms with E-state index in [1.807, 2.05) is 39.8 Å². The zero-order valence-corrected chi connectivity index (χ0v) is 23.1. The van der Waals surface area contributed by atoms with Crippen LogP contribution in [0, 0.1) is 5.41 Å². The van der Waals surface area contributed by atoms with Gasteiger partial charge in [0.2, 0.25) is 5.75 Å². The predicted octanol–water partition coefficient (Wildman–Crippen LogP) is 5.65. The zero-order valence-electron chi connectivity index (χ0n) is 23.1. The fourth-order valence-electron chi connectivity index (χ4n) is 5.47. The van der Waals surface area contributed by atoms with Crippen molar-refractivity contribution in [3.63, 3.8) is 0 Å². The molecule has 1 aromatic rings. The van der Waals surface area contributed by atoms with Crippen molar-refractivity contribution in [3.8, 4) is 5.75 Å². The number of aryl methyl sites for hydroxylation is 1. The third kappa shape index (κ3) is 7.31. The van der Waals surface area contributed by atoms with E-state index >= 15 is 0 Å². The molecule has 1 saturated carbocycles. The monoisotopic (exact) mass is 501 g/mol. The molecule has 1 unspecified atom stereocenters. The molecule has 1 aliphatic carbocycles. The van der Waals surface area contributed by atoms with Gasteiger partial charge in [-0.25, -0.2) is 0 Å². The minimum atomic E-state index is -0.692. The molecule has 0 radical (unpaired) electrons. The molecule has 202 valence electrons. The van der Waals surface area contributed by atoms with Gasteiger partial charge in [0.05, 0.1) is 19.3 Å². The second-order valence-electron chi connectivity index (χ2n) is 9.70. The van der Waals surface area contributed by atoms with Gasteiger partial charge in [-0.2, -0.15) is 4.98 Å². The molecular formula is C29H47N3O4. The molecule has 1 atom stereocenters. The highest BCUT2D eigenvalue weighted by molar-refractivity contribution is 5.96. The van der Waals surface area contributed by atoms with Gasteiger partial charge in [-0.05, 0) is 58.3 Å². The molecule has 4 rings (SSSR count). The number of ether oxygens (including phenoxy) is 1. The van der Waals surface area contributed by atoms with Gasteiger partial charge in [-0.1, -0.05) is 57.4 Å². The molecule has 36 heavy (non-hydrogen) atoms. The van der Waals surface area contributed by atoms with Crippen molar-refractivity contribution in [2.45, 2.75) is 105 Å². The van der Waals surface area contributed by atoms with Gasteiger partial charge >= 0.3 is 5.56 Å². The third-order valence-electron chi connectivity index (χ3n) is 7.53. The predicted molar refractivity (Wildman–Crippen MR) is 146 cm³/mol. The number of amides is 1. The van der Waals surface area contributed by atoms with E-state index in [-0.39, 0.29) is 23.1 Å². The number of morpholine rings is 1. The summed E-state index contributed by atoms with van der Waals surface area (Å²) < 4.78 is 7.35. The van der Waals surface area contributed by atoms with Crippen LogP contribution in [0.25, 0.3) is 0 Å². The molecule has 0 aromatic carbocycles. The van der Waals surface area contributed by atoms with Crippen molar-refractivity contribution in [2.24, 2.45) is 5.41 Å². The minimum Gasteiger partial charge on any atom is -0.501 e. The summed E-state index contributed by atoms with van der Waals surface area (Å²) in [5.41, 5.74) is -0.315. The highest BCUT2D eigenvalue weighted by atomic mass is 16.5. The molecule has 2 fully saturated rings. The van der Waals surface area contributed by atoms with E-state index in [0.717, 1.165) is 19.3 Å². The summed E-state index contributed by atoms with van der Waals surface area (Å²) in [5.74, 6) is -0.176. The van der Waals surface area contributed by atoms with Gasteiger partial charge < -0.3 is 19.3 Å². The molecule has 0 spiro atoms. The minimum absolute atomic E-state index is 0.0699. The van der Waals surface area contributed by atoms with Crippen LogP contribution in [-0.2, 0) is 17.7 Å². The van der Waals surface area contributed by atoms with Crippen LogP contribution in [0.4, 0.5) is 0 Å². The summed E-state index contributed by atoms with van der Waals surface area (Å²) >= 11 is 0. The maximum absolute atomic E-state index is 13.0. The average Bonchev–Trinajstić information content (AvgIpc) is 2.92. The fourth-order valence-corrected chi connectivity index (χ4v) is 5.47. The molecular weight excluding hydrogens is 454 g/mol. The van der Waals surface area contributed by atoms with Gasteiger partial charge in [0.15, 0.2) is 5.69 Å². The normalized spacial score (nSPS) is 20.8. The van der Waals surface area contributed by atoms with Crippen LogP contribution in [0.5, 0.6) is 5.75 Å². The number of allylic oxidation sites excluding steroid dienone is 4. The van der Waals surface area contributed by atoms with Crippen LogP contribution in [0.1, 0.15) is 102 Å².